The third kappa shape index (κ3) is 3.13. The monoisotopic (exact) mass is 322 g/mol. The highest BCUT2D eigenvalue weighted by atomic mass is 16.4. The van der Waals surface area contributed by atoms with Crippen molar-refractivity contribution >= 4 is 29.0 Å². The molecule has 4 heteroatoms. The molecule has 0 atom stereocenters. The first-order chi connectivity index (χ1) is 11.5. The first-order valence-electron chi connectivity index (χ1n) is 8.04. The van der Waals surface area contributed by atoms with E-state index in [-0.39, 0.29) is 0 Å². The topological polar surface area (TPSA) is 43.8 Å². The number of benzene rings is 2. The summed E-state index contributed by atoms with van der Waals surface area (Å²) in [5.41, 5.74) is 6.14. The van der Waals surface area contributed by atoms with E-state index in [1.807, 2.05) is 12.1 Å². The lowest BCUT2D eigenvalue weighted by atomic mass is 10.0. The number of anilines is 2. The Kier molecular flexibility index (Phi) is 4.30. The second-order valence-corrected chi connectivity index (χ2v) is 6.30. The predicted molar refractivity (Wildman–Crippen MR) is 99.9 cm³/mol. The number of carbonyl (C=O) groups is 1. The molecule has 0 fully saturated rings. The zero-order valence-electron chi connectivity index (χ0n) is 14.3. The molecule has 3 rings (SSSR count). The van der Waals surface area contributed by atoms with Crippen LogP contribution in [0, 0.1) is 0 Å². The number of fused-ring (bicyclic) bond motifs is 1. The minimum Gasteiger partial charge on any atom is -0.478 e. The lowest BCUT2D eigenvalue weighted by molar-refractivity contribution is 0.0697. The van der Waals surface area contributed by atoms with Gasteiger partial charge in [-0.25, -0.2) is 4.79 Å². The molecule has 1 N–H and O–H groups in total. The van der Waals surface area contributed by atoms with Crippen molar-refractivity contribution in [2.75, 3.05) is 37.0 Å². The Balaban J connectivity index is 1.91. The van der Waals surface area contributed by atoms with Gasteiger partial charge >= 0.3 is 5.97 Å². The SMILES string of the molecule is CC(=Cc1ccc(C(=O)O)cc1)c1ccc2c(c1)N(C)CCN2C. The highest BCUT2D eigenvalue weighted by molar-refractivity contribution is 5.89. The maximum atomic E-state index is 10.9. The van der Waals surface area contributed by atoms with E-state index in [9.17, 15) is 4.79 Å². The minimum absolute atomic E-state index is 0.309. The third-order valence-corrected chi connectivity index (χ3v) is 4.56. The summed E-state index contributed by atoms with van der Waals surface area (Å²) in [6.45, 7) is 4.14. The van der Waals surface area contributed by atoms with E-state index in [1.165, 1.54) is 16.9 Å². The molecule has 1 heterocycles. The molecule has 0 saturated carbocycles. The predicted octanol–water partition coefficient (Wildman–Crippen LogP) is 3.83. The molecule has 0 saturated heterocycles. The number of aromatic carboxylic acids is 1. The number of rotatable bonds is 3. The molecule has 24 heavy (non-hydrogen) atoms. The van der Waals surface area contributed by atoms with Crippen LogP contribution >= 0.6 is 0 Å². The van der Waals surface area contributed by atoms with E-state index in [1.54, 1.807) is 12.1 Å². The van der Waals surface area contributed by atoms with Gasteiger partial charge in [0.2, 0.25) is 0 Å². The number of hydrogen-bond acceptors (Lipinski definition) is 3. The number of carboxylic acids is 1. The van der Waals surface area contributed by atoms with E-state index in [0.29, 0.717) is 5.56 Å². The summed E-state index contributed by atoms with van der Waals surface area (Å²) in [4.78, 5) is 15.5. The Bertz CT molecular complexity index is 794. The lowest BCUT2D eigenvalue weighted by Crippen LogP contribution is -2.36. The van der Waals surface area contributed by atoms with Gasteiger partial charge in [0.05, 0.1) is 16.9 Å². The Hall–Kier alpha value is -2.75. The molecule has 124 valence electrons. The number of nitrogens with zero attached hydrogens (tertiary/aromatic N) is 2. The fourth-order valence-electron chi connectivity index (χ4n) is 2.99. The molecule has 0 unspecified atom stereocenters. The zero-order valence-corrected chi connectivity index (χ0v) is 14.3. The van der Waals surface area contributed by atoms with Crippen molar-refractivity contribution in [3.63, 3.8) is 0 Å². The minimum atomic E-state index is -0.899. The quantitative estimate of drug-likeness (QED) is 0.872. The molecular weight excluding hydrogens is 300 g/mol. The summed E-state index contributed by atoms with van der Waals surface area (Å²) in [5.74, 6) is -0.899. The molecule has 0 radical (unpaired) electrons. The van der Waals surface area contributed by atoms with E-state index < -0.39 is 5.97 Å². The van der Waals surface area contributed by atoms with Crippen LogP contribution in [0.1, 0.15) is 28.4 Å². The fourth-order valence-corrected chi connectivity index (χ4v) is 2.99. The van der Waals surface area contributed by atoms with Crippen LogP contribution in [0.5, 0.6) is 0 Å². The molecule has 1 aliphatic rings. The fraction of sp³-hybridized carbons (Fsp3) is 0.250. The molecule has 2 aromatic rings. The molecule has 0 aliphatic carbocycles. The summed E-state index contributed by atoms with van der Waals surface area (Å²) in [7, 11) is 4.25. The lowest BCUT2D eigenvalue weighted by Gasteiger charge is -2.35. The van der Waals surface area contributed by atoms with Crippen molar-refractivity contribution in [3.8, 4) is 0 Å². The van der Waals surface area contributed by atoms with Gasteiger partial charge in [0.15, 0.2) is 0 Å². The van der Waals surface area contributed by atoms with Crippen molar-refractivity contribution in [2.24, 2.45) is 0 Å². The summed E-state index contributed by atoms with van der Waals surface area (Å²) in [6.07, 6.45) is 2.08. The number of likely N-dealkylation sites (N-methyl/N-ethyl adjacent to an activating group) is 2. The van der Waals surface area contributed by atoms with Gasteiger partial charge in [0, 0.05) is 27.2 Å². The second kappa shape index (κ2) is 6.40. The van der Waals surface area contributed by atoms with Crippen LogP contribution in [-0.2, 0) is 0 Å². The smallest absolute Gasteiger partial charge is 0.335 e. The number of hydrogen-bond donors (Lipinski definition) is 1. The maximum absolute atomic E-state index is 10.9. The molecule has 2 aromatic carbocycles. The Morgan fingerprint density at radius 1 is 0.958 bits per heavy atom. The maximum Gasteiger partial charge on any atom is 0.335 e. The van der Waals surface area contributed by atoms with Gasteiger partial charge in [0.25, 0.3) is 0 Å². The van der Waals surface area contributed by atoms with Crippen molar-refractivity contribution in [1.29, 1.82) is 0 Å². The molecule has 0 spiro atoms. The summed E-state index contributed by atoms with van der Waals surface area (Å²) in [6, 6.07) is 13.5. The van der Waals surface area contributed by atoms with E-state index in [0.717, 1.165) is 24.2 Å². The number of carboxylic acid groups (broad SMARTS) is 1. The highest BCUT2D eigenvalue weighted by Crippen LogP contribution is 2.34. The average molecular weight is 322 g/mol. The Morgan fingerprint density at radius 3 is 2.17 bits per heavy atom. The number of allylic oxidation sites excluding steroid dienone is 1. The van der Waals surface area contributed by atoms with Gasteiger partial charge in [-0.1, -0.05) is 24.3 Å². The van der Waals surface area contributed by atoms with Crippen molar-refractivity contribution < 1.29 is 9.90 Å². The van der Waals surface area contributed by atoms with Crippen LogP contribution in [0.2, 0.25) is 0 Å². The standard InChI is InChI=1S/C20H22N2O2/c1-14(12-15-4-6-16(7-5-15)20(23)24)17-8-9-18-19(13-17)22(3)11-10-21(18)2/h4-9,12-13H,10-11H2,1-3H3,(H,23,24). The van der Waals surface area contributed by atoms with E-state index in [4.69, 9.17) is 5.11 Å². The first-order valence-corrected chi connectivity index (χ1v) is 8.04. The van der Waals surface area contributed by atoms with Crippen molar-refractivity contribution in [2.45, 2.75) is 6.92 Å². The van der Waals surface area contributed by atoms with Crippen molar-refractivity contribution in [1.82, 2.24) is 0 Å². The van der Waals surface area contributed by atoms with Crippen LogP contribution in [0.25, 0.3) is 11.6 Å². The van der Waals surface area contributed by atoms with Gasteiger partial charge in [-0.15, -0.1) is 0 Å². The summed E-state index contributed by atoms with van der Waals surface area (Å²) >= 11 is 0. The third-order valence-electron chi connectivity index (χ3n) is 4.56. The molecular formula is C20H22N2O2. The Morgan fingerprint density at radius 2 is 1.54 bits per heavy atom. The van der Waals surface area contributed by atoms with Crippen LogP contribution in [0.15, 0.2) is 42.5 Å². The molecule has 1 aliphatic heterocycles. The van der Waals surface area contributed by atoms with Crippen molar-refractivity contribution in [3.05, 3.63) is 59.2 Å². The Labute approximate surface area is 142 Å². The van der Waals surface area contributed by atoms with Gasteiger partial charge < -0.3 is 14.9 Å². The van der Waals surface area contributed by atoms with Crippen LogP contribution < -0.4 is 9.80 Å². The molecule has 0 bridgehead atoms. The second-order valence-electron chi connectivity index (χ2n) is 6.30. The van der Waals surface area contributed by atoms with Gasteiger partial charge in [-0.2, -0.15) is 0 Å². The largest absolute Gasteiger partial charge is 0.478 e. The van der Waals surface area contributed by atoms with E-state index >= 15 is 0 Å². The normalized spacial score (nSPS) is 14.5. The summed E-state index contributed by atoms with van der Waals surface area (Å²) < 4.78 is 0. The van der Waals surface area contributed by atoms with E-state index in [2.05, 4.69) is 55.1 Å². The van der Waals surface area contributed by atoms with Crippen LogP contribution in [0.4, 0.5) is 11.4 Å². The van der Waals surface area contributed by atoms with Gasteiger partial charge in [-0.05, 0) is 47.9 Å². The zero-order chi connectivity index (χ0) is 17.3. The highest BCUT2D eigenvalue weighted by Gasteiger charge is 2.17. The first kappa shape index (κ1) is 16.1. The molecule has 4 nitrogen and oxygen atoms in total. The molecule has 0 amide bonds. The van der Waals surface area contributed by atoms with Gasteiger partial charge in [0.1, 0.15) is 0 Å². The molecule has 0 aromatic heterocycles. The van der Waals surface area contributed by atoms with Gasteiger partial charge in [-0.3, -0.25) is 0 Å². The summed E-state index contributed by atoms with van der Waals surface area (Å²) in [5, 5.41) is 8.97. The van der Waals surface area contributed by atoms with Crippen LogP contribution in [0.3, 0.4) is 0 Å². The average Bonchev–Trinajstić information content (AvgIpc) is 2.58. The van der Waals surface area contributed by atoms with Crippen LogP contribution in [-0.4, -0.2) is 38.3 Å².